The highest BCUT2D eigenvalue weighted by Gasteiger charge is 2.06. The molecule has 0 aliphatic heterocycles. The molecule has 0 saturated heterocycles. The molecule has 0 aliphatic carbocycles. The molecule has 0 fully saturated rings. The average molecular weight is 284 g/mol. The summed E-state index contributed by atoms with van der Waals surface area (Å²) >= 11 is 0. The summed E-state index contributed by atoms with van der Waals surface area (Å²) in [7, 11) is 0. The Bertz CT molecular complexity index is 388. The number of nitrogens with two attached hydrogens (primary N) is 1. The zero-order valence-electron chi connectivity index (χ0n) is 12.3. The van der Waals surface area contributed by atoms with Gasteiger partial charge in [0.15, 0.2) is 0 Å². The van der Waals surface area contributed by atoms with Crippen LogP contribution in [0.2, 0.25) is 0 Å². The highest BCUT2D eigenvalue weighted by atomic mass is 16.5. The fourth-order valence-electron chi connectivity index (χ4n) is 1.31. The van der Waals surface area contributed by atoms with Crippen LogP contribution in [0.5, 0.6) is 6.01 Å². The Balaban J connectivity index is 2.46. The summed E-state index contributed by atoms with van der Waals surface area (Å²) < 4.78 is 10.8. The minimum Gasteiger partial charge on any atom is -0.463 e. The first kappa shape index (κ1) is 16.4. The lowest BCUT2D eigenvalue weighted by molar-refractivity contribution is 0.118. The molecule has 0 amide bonds. The van der Waals surface area contributed by atoms with Crippen LogP contribution in [0.25, 0.3) is 0 Å². The number of rotatable bonds is 10. The van der Waals surface area contributed by atoms with Crippen molar-refractivity contribution >= 4 is 11.9 Å². The summed E-state index contributed by atoms with van der Waals surface area (Å²) in [6, 6.07) is 0.250. The third-order valence-electron chi connectivity index (χ3n) is 2.16. The van der Waals surface area contributed by atoms with Crippen LogP contribution >= 0.6 is 0 Å². The fraction of sp³-hybridized carbons (Fsp3) is 0.750. The lowest BCUT2D eigenvalue weighted by Gasteiger charge is -2.10. The second kappa shape index (κ2) is 9.27. The lowest BCUT2D eigenvalue weighted by atomic mass is 10.2. The number of anilines is 2. The fourth-order valence-corrected chi connectivity index (χ4v) is 1.31. The minimum absolute atomic E-state index is 0.250. The van der Waals surface area contributed by atoms with Gasteiger partial charge in [0, 0.05) is 13.2 Å². The molecule has 0 aromatic carbocycles. The monoisotopic (exact) mass is 284 g/mol. The van der Waals surface area contributed by atoms with Crippen molar-refractivity contribution in [1.82, 2.24) is 15.0 Å². The normalized spacial score (nSPS) is 10.7. The Morgan fingerprint density at radius 3 is 2.55 bits per heavy atom. The molecular formula is C12H24N6O2. The molecule has 1 aromatic rings. The number of nitrogen functional groups attached to an aromatic ring is 1. The van der Waals surface area contributed by atoms with Crippen LogP contribution in [0.15, 0.2) is 0 Å². The molecule has 0 unspecified atom stereocenters. The molecule has 0 bridgehead atoms. The molecule has 20 heavy (non-hydrogen) atoms. The number of nitrogens with zero attached hydrogens (tertiary/aromatic N) is 3. The molecule has 8 nitrogen and oxygen atoms in total. The van der Waals surface area contributed by atoms with Gasteiger partial charge in [-0.25, -0.2) is 5.84 Å². The van der Waals surface area contributed by atoms with E-state index in [-0.39, 0.29) is 12.0 Å². The smallest absolute Gasteiger partial charge is 0.323 e. The number of hydrogen-bond donors (Lipinski definition) is 3. The van der Waals surface area contributed by atoms with Gasteiger partial charge in [0.05, 0.1) is 13.2 Å². The van der Waals surface area contributed by atoms with Gasteiger partial charge in [-0.05, 0) is 12.3 Å². The molecule has 1 heterocycles. The Labute approximate surface area is 119 Å². The molecule has 0 atom stereocenters. The summed E-state index contributed by atoms with van der Waals surface area (Å²) in [4.78, 5) is 12.2. The van der Waals surface area contributed by atoms with Gasteiger partial charge in [-0.2, -0.15) is 15.0 Å². The lowest BCUT2D eigenvalue weighted by Crippen LogP contribution is -2.17. The van der Waals surface area contributed by atoms with E-state index in [1.807, 2.05) is 6.92 Å². The maximum Gasteiger partial charge on any atom is 0.323 e. The number of nitrogens with one attached hydrogen (secondary N) is 2. The summed E-state index contributed by atoms with van der Waals surface area (Å²) in [5.41, 5.74) is 2.39. The molecule has 0 saturated carbocycles. The van der Waals surface area contributed by atoms with Crippen molar-refractivity contribution in [3.05, 3.63) is 0 Å². The van der Waals surface area contributed by atoms with Crippen LogP contribution in [-0.4, -0.2) is 41.3 Å². The van der Waals surface area contributed by atoms with Crippen molar-refractivity contribution in [2.45, 2.75) is 27.2 Å². The van der Waals surface area contributed by atoms with E-state index in [9.17, 15) is 0 Å². The van der Waals surface area contributed by atoms with Crippen LogP contribution < -0.4 is 21.3 Å². The molecule has 0 spiro atoms. The highest BCUT2D eigenvalue weighted by Crippen LogP contribution is 2.10. The van der Waals surface area contributed by atoms with Crippen molar-refractivity contribution in [2.24, 2.45) is 11.8 Å². The van der Waals surface area contributed by atoms with Gasteiger partial charge in [-0.3, -0.25) is 5.43 Å². The van der Waals surface area contributed by atoms with Gasteiger partial charge in [-0.15, -0.1) is 0 Å². The molecular weight excluding hydrogens is 260 g/mol. The van der Waals surface area contributed by atoms with E-state index in [0.29, 0.717) is 31.6 Å². The predicted octanol–water partition coefficient (Wildman–Crippen LogP) is 1.03. The first-order chi connectivity index (χ1) is 9.65. The SMILES string of the molecule is CCCOc1nc(NN)nc(NCCOCC(C)C)n1. The molecule has 1 rings (SSSR count). The maximum atomic E-state index is 5.46. The van der Waals surface area contributed by atoms with Crippen LogP contribution in [-0.2, 0) is 4.74 Å². The van der Waals surface area contributed by atoms with Crippen molar-refractivity contribution in [3.8, 4) is 6.01 Å². The Morgan fingerprint density at radius 2 is 1.90 bits per heavy atom. The van der Waals surface area contributed by atoms with E-state index in [0.717, 1.165) is 13.0 Å². The molecule has 114 valence electrons. The summed E-state index contributed by atoms with van der Waals surface area (Å²) in [6.45, 7) is 8.69. The van der Waals surface area contributed by atoms with Crippen molar-refractivity contribution < 1.29 is 9.47 Å². The second-order valence-corrected chi connectivity index (χ2v) is 4.65. The van der Waals surface area contributed by atoms with Crippen LogP contribution in [0.1, 0.15) is 27.2 Å². The van der Waals surface area contributed by atoms with Crippen molar-refractivity contribution in [3.63, 3.8) is 0 Å². The van der Waals surface area contributed by atoms with Gasteiger partial charge in [0.1, 0.15) is 0 Å². The highest BCUT2D eigenvalue weighted by molar-refractivity contribution is 5.34. The predicted molar refractivity (Wildman–Crippen MR) is 77.6 cm³/mol. The van der Waals surface area contributed by atoms with E-state index in [1.54, 1.807) is 0 Å². The van der Waals surface area contributed by atoms with Gasteiger partial charge in [0.2, 0.25) is 11.9 Å². The molecule has 1 aromatic heterocycles. The number of ether oxygens (including phenoxy) is 2. The van der Waals surface area contributed by atoms with Crippen LogP contribution in [0, 0.1) is 5.92 Å². The van der Waals surface area contributed by atoms with E-state index in [2.05, 4.69) is 39.5 Å². The second-order valence-electron chi connectivity index (χ2n) is 4.65. The molecule has 0 radical (unpaired) electrons. The van der Waals surface area contributed by atoms with Gasteiger partial charge < -0.3 is 14.8 Å². The van der Waals surface area contributed by atoms with Crippen LogP contribution in [0.3, 0.4) is 0 Å². The Kier molecular flexibility index (Phi) is 7.59. The Morgan fingerprint density at radius 1 is 1.15 bits per heavy atom. The van der Waals surface area contributed by atoms with Gasteiger partial charge >= 0.3 is 6.01 Å². The first-order valence-corrected chi connectivity index (χ1v) is 6.82. The third-order valence-corrected chi connectivity index (χ3v) is 2.16. The Hall–Kier alpha value is -1.67. The summed E-state index contributed by atoms with van der Waals surface area (Å²) in [6.07, 6.45) is 0.878. The maximum absolute atomic E-state index is 5.46. The summed E-state index contributed by atoms with van der Waals surface area (Å²) in [5.74, 6) is 6.51. The van der Waals surface area contributed by atoms with E-state index < -0.39 is 0 Å². The number of aromatic nitrogens is 3. The van der Waals surface area contributed by atoms with Crippen LogP contribution in [0.4, 0.5) is 11.9 Å². The standard InChI is InChI=1S/C12H24N6O2/c1-4-6-20-12-16-10(15-11(17-12)18-13)14-5-7-19-8-9(2)3/h9H,4-8,13H2,1-3H3,(H2,14,15,16,17,18). The minimum atomic E-state index is 0.250. The van der Waals surface area contributed by atoms with E-state index in [1.165, 1.54) is 0 Å². The van der Waals surface area contributed by atoms with E-state index >= 15 is 0 Å². The average Bonchev–Trinajstić information content (AvgIpc) is 2.44. The molecule has 8 heteroatoms. The molecule has 0 aliphatic rings. The largest absolute Gasteiger partial charge is 0.463 e. The molecule has 4 N–H and O–H groups in total. The van der Waals surface area contributed by atoms with Crippen molar-refractivity contribution in [1.29, 1.82) is 0 Å². The van der Waals surface area contributed by atoms with Gasteiger partial charge in [-0.1, -0.05) is 20.8 Å². The summed E-state index contributed by atoms with van der Waals surface area (Å²) in [5, 5.41) is 3.05. The number of hydrazine groups is 1. The topological polar surface area (TPSA) is 107 Å². The first-order valence-electron chi connectivity index (χ1n) is 6.82. The van der Waals surface area contributed by atoms with Gasteiger partial charge in [0.25, 0.3) is 0 Å². The third kappa shape index (κ3) is 6.48. The van der Waals surface area contributed by atoms with E-state index in [4.69, 9.17) is 15.3 Å². The quantitative estimate of drug-likeness (QED) is 0.332. The zero-order chi connectivity index (χ0) is 14.8. The van der Waals surface area contributed by atoms with Crippen molar-refractivity contribution in [2.75, 3.05) is 37.1 Å². The zero-order valence-corrected chi connectivity index (χ0v) is 12.3. The number of hydrogen-bond acceptors (Lipinski definition) is 8.